The summed E-state index contributed by atoms with van der Waals surface area (Å²) in [6.45, 7) is 2.09. The summed E-state index contributed by atoms with van der Waals surface area (Å²) in [5, 5.41) is 0. The van der Waals surface area contributed by atoms with Crippen LogP contribution >= 0.6 is 11.3 Å². The minimum absolute atomic E-state index is 0.322. The van der Waals surface area contributed by atoms with Gasteiger partial charge in [0.1, 0.15) is 4.88 Å². The van der Waals surface area contributed by atoms with Gasteiger partial charge in [-0.25, -0.2) is 13.2 Å². The number of ether oxygens (including phenoxy) is 1. The fourth-order valence-corrected chi connectivity index (χ4v) is 6.49. The maximum Gasteiger partial charge on any atom is 0.348 e. The van der Waals surface area contributed by atoms with Gasteiger partial charge in [0.2, 0.25) is 0 Å². The van der Waals surface area contributed by atoms with E-state index in [1.165, 1.54) is 11.3 Å². The molecule has 116 valence electrons. The summed E-state index contributed by atoms with van der Waals surface area (Å²) in [6.07, 6.45) is 8.46. The number of thiophene rings is 1. The zero-order valence-corrected chi connectivity index (χ0v) is 14.5. The number of allylic oxidation sites excluding steroid dienone is 1. The van der Waals surface area contributed by atoms with Gasteiger partial charge in [-0.3, -0.25) is 0 Å². The van der Waals surface area contributed by atoms with Gasteiger partial charge in [-0.15, -0.1) is 15.1 Å². The van der Waals surface area contributed by atoms with Crippen molar-refractivity contribution in [2.45, 2.75) is 24.0 Å². The molecule has 0 radical (unpaired) electrons. The van der Waals surface area contributed by atoms with Gasteiger partial charge in [0.05, 0.1) is 17.1 Å². The second kappa shape index (κ2) is 6.41. The summed E-state index contributed by atoms with van der Waals surface area (Å²) in [5.74, 6) is -0.336. The Kier molecular flexibility index (Phi) is 5.00. The van der Waals surface area contributed by atoms with Crippen LogP contribution in [0.2, 0.25) is 0 Å². The molecule has 0 fully saturated rings. The molecule has 0 amide bonds. The Morgan fingerprint density at radius 3 is 2.86 bits per heavy atom. The molecular formula is C13H17NO4S3. The van der Waals surface area contributed by atoms with Crippen molar-refractivity contribution in [1.29, 1.82) is 0 Å². The summed E-state index contributed by atoms with van der Waals surface area (Å²) in [4.78, 5) is 12.6. The zero-order chi connectivity index (χ0) is 15.6. The number of esters is 1. The Morgan fingerprint density at radius 1 is 1.52 bits per heavy atom. The molecule has 1 aromatic rings. The summed E-state index contributed by atoms with van der Waals surface area (Å²) < 4.78 is 32.5. The first-order chi connectivity index (χ1) is 9.83. The van der Waals surface area contributed by atoms with Crippen LogP contribution in [0.15, 0.2) is 14.1 Å². The molecule has 21 heavy (non-hydrogen) atoms. The Labute approximate surface area is 131 Å². The van der Waals surface area contributed by atoms with E-state index in [9.17, 15) is 13.2 Å². The van der Waals surface area contributed by atoms with E-state index in [1.54, 1.807) is 13.2 Å². The molecule has 1 atom stereocenters. The van der Waals surface area contributed by atoms with E-state index in [-0.39, 0.29) is 5.97 Å². The largest absolute Gasteiger partial charge is 0.462 e. The van der Waals surface area contributed by atoms with Crippen LogP contribution in [0.5, 0.6) is 0 Å². The number of nitrogens with zero attached hydrogens (tertiary/aromatic N) is 1. The third kappa shape index (κ3) is 3.81. The predicted molar refractivity (Wildman–Crippen MR) is 86.5 cm³/mol. The molecule has 1 aliphatic carbocycles. The van der Waals surface area contributed by atoms with Gasteiger partial charge < -0.3 is 4.74 Å². The average molecular weight is 347 g/mol. The van der Waals surface area contributed by atoms with E-state index in [0.29, 0.717) is 11.5 Å². The van der Waals surface area contributed by atoms with Gasteiger partial charge in [-0.05, 0) is 42.3 Å². The molecule has 1 aromatic heterocycles. The molecule has 2 rings (SSSR count). The highest BCUT2D eigenvalue weighted by Gasteiger charge is 2.24. The van der Waals surface area contributed by atoms with Crippen molar-refractivity contribution < 1.29 is 17.9 Å². The van der Waals surface area contributed by atoms with Gasteiger partial charge in [-0.2, -0.15) is 0 Å². The summed E-state index contributed by atoms with van der Waals surface area (Å²) >= 11 is 1.30. The fraction of sp³-hybridized carbons (Fsp3) is 0.462. The minimum Gasteiger partial charge on any atom is -0.462 e. The number of carbonyl (C=O) groups is 1. The first kappa shape index (κ1) is 16.4. The third-order valence-corrected chi connectivity index (χ3v) is 7.57. The Balaban J connectivity index is 2.56. The summed E-state index contributed by atoms with van der Waals surface area (Å²) in [6, 6.07) is 0. The number of fused-ring (bicyclic) bond motifs is 1. The van der Waals surface area contributed by atoms with E-state index >= 15 is 0 Å². The van der Waals surface area contributed by atoms with Crippen LogP contribution in [0.1, 0.15) is 34.1 Å². The van der Waals surface area contributed by atoms with Crippen molar-refractivity contribution in [2.24, 2.45) is 3.77 Å². The SMILES string of the molecule is CCOC(=O)c1sc(S(C)=NS(C)(=O)=O)c2c1CCC=C2. The summed E-state index contributed by atoms with van der Waals surface area (Å²) in [5.41, 5.74) is 1.89. The molecule has 1 aliphatic rings. The molecule has 8 heteroatoms. The standard InChI is InChI=1S/C13H17NO4S3/c1-4-18-12(15)11-9-7-5-6-8-10(9)13(19-11)20(2)14-21(3,16)17/h6,8H,4-5,7H2,1-3H3. The zero-order valence-electron chi connectivity index (χ0n) is 12.1. The van der Waals surface area contributed by atoms with Crippen molar-refractivity contribution in [3.8, 4) is 0 Å². The smallest absolute Gasteiger partial charge is 0.348 e. The number of sulfonamides is 1. The number of rotatable bonds is 4. The molecule has 1 heterocycles. The van der Waals surface area contributed by atoms with Crippen molar-refractivity contribution in [1.82, 2.24) is 0 Å². The van der Waals surface area contributed by atoms with Gasteiger partial charge >= 0.3 is 5.97 Å². The highest BCUT2D eigenvalue weighted by Crippen LogP contribution is 2.36. The third-order valence-electron chi connectivity index (χ3n) is 2.84. The molecule has 0 saturated carbocycles. The van der Waals surface area contributed by atoms with E-state index in [1.807, 2.05) is 12.2 Å². The normalized spacial score (nSPS) is 15.8. The van der Waals surface area contributed by atoms with Crippen LogP contribution in [-0.2, 0) is 31.9 Å². The molecule has 0 N–H and O–H groups in total. The maximum absolute atomic E-state index is 12.1. The predicted octanol–water partition coefficient (Wildman–Crippen LogP) is 2.63. The highest BCUT2D eigenvalue weighted by molar-refractivity contribution is 8.00. The topological polar surface area (TPSA) is 72.8 Å². The van der Waals surface area contributed by atoms with Crippen molar-refractivity contribution in [3.63, 3.8) is 0 Å². The first-order valence-corrected chi connectivity index (χ1v) is 10.7. The number of hydrogen-bond donors (Lipinski definition) is 0. The Hall–Kier alpha value is -0.990. The molecule has 1 unspecified atom stereocenters. The fourth-order valence-electron chi connectivity index (χ4n) is 2.12. The van der Waals surface area contributed by atoms with Gasteiger partial charge in [0, 0.05) is 5.56 Å². The molecule has 0 aromatic carbocycles. The van der Waals surface area contributed by atoms with Gasteiger partial charge in [-0.1, -0.05) is 12.2 Å². The lowest BCUT2D eigenvalue weighted by Crippen LogP contribution is -2.06. The average Bonchev–Trinajstić information content (AvgIpc) is 2.76. The minimum atomic E-state index is -3.42. The van der Waals surface area contributed by atoms with Crippen molar-refractivity contribution >= 4 is 44.1 Å². The molecule has 0 saturated heterocycles. The highest BCUT2D eigenvalue weighted by atomic mass is 32.3. The van der Waals surface area contributed by atoms with E-state index in [2.05, 4.69) is 3.77 Å². The lowest BCUT2D eigenvalue weighted by atomic mass is 10.00. The monoisotopic (exact) mass is 347 g/mol. The summed E-state index contributed by atoms with van der Waals surface area (Å²) in [7, 11) is -4.21. The van der Waals surface area contributed by atoms with Crippen LogP contribution in [0.4, 0.5) is 0 Å². The van der Waals surface area contributed by atoms with Crippen LogP contribution in [0.25, 0.3) is 6.08 Å². The maximum atomic E-state index is 12.1. The van der Waals surface area contributed by atoms with E-state index < -0.39 is 20.7 Å². The quantitative estimate of drug-likeness (QED) is 0.785. The molecule has 0 bridgehead atoms. The lowest BCUT2D eigenvalue weighted by molar-refractivity contribution is 0.0531. The number of carbonyl (C=O) groups excluding carboxylic acids is 1. The molecule has 5 nitrogen and oxygen atoms in total. The van der Waals surface area contributed by atoms with Crippen LogP contribution in [-0.4, -0.2) is 33.5 Å². The molecular weight excluding hydrogens is 330 g/mol. The first-order valence-electron chi connectivity index (χ1n) is 6.42. The Bertz CT molecular complexity index is 729. The lowest BCUT2D eigenvalue weighted by Gasteiger charge is -2.08. The van der Waals surface area contributed by atoms with Crippen LogP contribution in [0.3, 0.4) is 0 Å². The van der Waals surface area contributed by atoms with Crippen LogP contribution in [0, 0.1) is 0 Å². The van der Waals surface area contributed by atoms with Gasteiger partial charge in [0.15, 0.2) is 0 Å². The number of hydrogen-bond acceptors (Lipinski definition) is 5. The van der Waals surface area contributed by atoms with Gasteiger partial charge in [0.25, 0.3) is 10.0 Å². The van der Waals surface area contributed by atoms with Crippen molar-refractivity contribution in [3.05, 3.63) is 22.1 Å². The van der Waals surface area contributed by atoms with E-state index in [0.717, 1.165) is 34.4 Å². The molecule has 0 spiro atoms. The second-order valence-corrected chi connectivity index (χ2v) is 9.26. The molecule has 0 aliphatic heterocycles. The van der Waals surface area contributed by atoms with E-state index in [4.69, 9.17) is 4.74 Å². The second-order valence-electron chi connectivity index (χ2n) is 4.56. The Morgan fingerprint density at radius 2 is 2.24 bits per heavy atom. The van der Waals surface area contributed by atoms with Crippen LogP contribution < -0.4 is 0 Å². The van der Waals surface area contributed by atoms with Crippen molar-refractivity contribution in [2.75, 3.05) is 19.1 Å².